The SMILES string of the molecule is CC1CCN(C2=CCN(S(C)(=O)=O)CC2)CC1. The van der Waals surface area contributed by atoms with Crippen LogP contribution in [0.25, 0.3) is 0 Å². The highest BCUT2D eigenvalue weighted by Crippen LogP contribution is 2.23. The largest absolute Gasteiger partial charge is 0.375 e. The van der Waals surface area contributed by atoms with Crippen LogP contribution in [0.15, 0.2) is 11.8 Å². The van der Waals surface area contributed by atoms with Crippen molar-refractivity contribution in [1.29, 1.82) is 0 Å². The van der Waals surface area contributed by atoms with Gasteiger partial charge in [0.25, 0.3) is 0 Å². The van der Waals surface area contributed by atoms with Crippen molar-refractivity contribution in [2.24, 2.45) is 5.92 Å². The van der Waals surface area contributed by atoms with Crippen molar-refractivity contribution in [2.75, 3.05) is 32.4 Å². The first-order valence-electron chi connectivity index (χ1n) is 6.36. The van der Waals surface area contributed by atoms with Crippen LogP contribution < -0.4 is 0 Å². The molecule has 0 bridgehead atoms. The van der Waals surface area contributed by atoms with Gasteiger partial charge < -0.3 is 4.90 Å². The molecular weight excluding hydrogens is 236 g/mol. The minimum atomic E-state index is -3.02. The maximum atomic E-state index is 11.4. The van der Waals surface area contributed by atoms with Crippen LogP contribution in [0.4, 0.5) is 0 Å². The van der Waals surface area contributed by atoms with Crippen LogP contribution in [0, 0.1) is 5.92 Å². The topological polar surface area (TPSA) is 40.6 Å². The zero-order valence-corrected chi connectivity index (χ0v) is 11.5. The molecule has 2 rings (SSSR count). The Hall–Kier alpha value is -0.550. The molecule has 1 saturated heterocycles. The zero-order valence-electron chi connectivity index (χ0n) is 10.7. The van der Waals surface area contributed by atoms with Crippen molar-refractivity contribution >= 4 is 10.0 Å². The summed E-state index contributed by atoms with van der Waals surface area (Å²) in [5, 5.41) is 0. The van der Waals surface area contributed by atoms with E-state index in [0.29, 0.717) is 13.1 Å². The fraction of sp³-hybridized carbons (Fsp3) is 0.833. The summed E-state index contributed by atoms with van der Waals surface area (Å²) in [5.74, 6) is 0.836. The molecule has 0 unspecified atom stereocenters. The van der Waals surface area contributed by atoms with Crippen LogP contribution in [-0.4, -0.2) is 50.1 Å². The van der Waals surface area contributed by atoms with E-state index in [2.05, 4.69) is 17.9 Å². The lowest BCUT2D eigenvalue weighted by atomic mass is 9.98. The van der Waals surface area contributed by atoms with Gasteiger partial charge in [0, 0.05) is 38.3 Å². The Morgan fingerprint density at radius 3 is 2.35 bits per heavy atom. The van der Waals surface area contributed by atoms with E-state index in [1.165, 1.54) is 24.8 Å². The van der Waals surface area contributed by atoms with E-state index in [1.54, 1.807) is 4.31 Å². The monoisotopic (exact) mass is 258 g/mol. The number of nitrogens with zero attached hydrogens (tertiary/aromatic N) is 2. The van der Waals surface area contributed by atoms with Gasteiger partial charge in [-0.2, -0.15) is 4.31 Å². The molecule has 0 aromatic heterocycles. The number of likely N-dealkylation sites (tertiary alicyclic amines) is 1. The summed E-state index contributed by atoms with van der Waals surface area (Å²) in [7, 11) is -3.02. The molecule has 0 radical (unpaired) electrons. The van der Waals surface area contributed by atoms with Crippen molar-refractivity contribution in [3.05, 3.63) is 11.8 Å². The summed E-state index contributed by atoms with van der Waals surface area (Å²) in [4.78, 5) is 2.43. The molecule has 0 aromatic carbocycles. The number of hydrogen-bond donors (Lipinski definition) is 0. The second-order valence-electron chi connectivity index (χ2n) is 5.24. The van der Waals surface area contributed by atoms with Crippen LogP contribution in [0.5, 0.6) is 0 Å². The Kier molecular flexibility index (Phi) is 3.78. The van der Waals surface area contributed by atoms with Crippen molar-refractivity contribution in [3.8, 4) is 0 Å². The van der Waals surface area contributed by atoms with E-state index in [0.717, 1.165) is 25.4 Å². The van der Waals surface area contributed by atoms with Gasteiger partial charge in [-0.25, -0.2) is 8.42 Å². The number of hydrogen-bond acceptors (Lipinski definition) is 3. The van der Waals surface area contributed by atoms with Crippen molar-refractivity contribution < 1.29 is 8.42 Å². The fourth-order valence-electron chi connectivity index (χ4n) is 2.52. The molecule has 17 heavy (non-hydrogen) atoms. The molecular formula is C12H22N2O2S. The van der Waals surface area contributed by atoms with E-state index < -0.39 is 10.0 Å². The van der Waals surface area contributed by atoms with Gasteiger partial charge in [-0.05, 0) is 18.8 Å². The molecule has 0 aliphatic carbocycles. The Morgan fingerprint density at radius 2 is 1.88 bits per heavy atom. The lowest BCUT2D eigenvalue weighted by Crippen LogP contribution is -2.39. The number of piperidine rings is 1. The summed E-state index contributed by atoms with van der Waals surface area (Å²) in [6.45, 7) is 5.74. The molecule has 2 heterocycles. The van der Waals surface area contributed by atoms with E-state index in [-0.39, 0.29) is 0 Å². The lowest BCUT2D eigenvalue weighted by Gasteiger charge is -2.36. The third-order valence-corrected chi connectivity index (χ3v) is 5.08. The highest BCUT2D eigenvalue weighted by molar-refractivity contribution is 7.88. The Labute approximate surface area is 104 Å². The standard InChI is InChI=1S/C12H22N2O2S/c1-11-3-7-13(8-4-11)12-5-9-14(10-6-12)17(2,15)16/h5,11H,3-4,6-10H2,1-2H3. The molecule has 0 aromatic rings. The molecule has 0 saturated carbocycles. The quantitative estimate of drug-likeness (QED) is 0.749. The van der Waals surface area contributed by atoms with Gasteiger partial charge in [-0.3, -0.25) is 0 Å². The summed E-state index contributed by atoms with van der Waals surface area (Å²) in [6.07, 6.45) is 6.75. The Balaban J connectivity index is 1.95. The van der Waals surface area contributed by atoms with Gasteiger partial charge in [-0.1, -0.05) is 13.0 Å². The fourth-order valence-corrected chi connectivity index (χ4v) is 3.29. The van der Waals surface area contributed by atoms with Gasteiger partial charge in [0.1, 0.15) is 0 Å². The van der Waals surface area contributed by atoms with E-state index >= 15 is 0 Å². The van der Waals surface area contributed by atoms with E-state index in [4.69, 9.17) is 0 Å². The lowest BCUT2D eigenvalue weighted by molar-refractivity contribution is 0.222. The molecule has 98 valence electrons. The summed E-state index contributed by atoms with van der Waals surface area (Å²) in [6, 6.07) is 0. The maximum Gasteiger partial charge on any atom is 0.211 e. The molecule has 0 N–H and O–H groups in total. The van der Waals surface area contributed by atoms with Gasteiger partial charge in [0.2, 0.25) is 10.0 Å². The van der Waals surface area contributed by atoms with E-state index in [9.17, 15) is 8.42 Å². The molecule has 0 amide bonds. The third-order valence-electron chi connectivity index (χ3n) is 3.81. The molecule has 0 spiro atoms. The highest BCUT2D eigenvalue weighted by atomic mass is 32.2. The van der Waals surface area contributed by atoms with Gasteiger partial charge in [0.15, 0.2) is 0 Å². The summed E-state index contributed by atoms with van der Waals surface area (Å²) >= 11 is 0. The first kappa shape index (κ1) is 12.9. The predicted octanol–water partition coefficient (Wildman–Crippen LogP) is 1.27. The van der Waals surface area contributed by atoms with Crippen LogP contribution in [-0.2, 0) is 10.0 Å². The number of sulfonamides is 1. The Bertz CT molecular complexity index is 395. The smallest absolute Gasteiger partial charge is 0.211 e. The van der Waals surface area contributed by atoms with Crippen molar-refractivity contribution in [2.45, 2.75) is 26.2 Å². The van der Waals surface area contributed by atoms with Crippen LogP contribution >= 0.6 is 0 Å². The minimum absolute atomic E-state index is 0.542. The molecule has 2 aliphatic rings. The average molecular weight is 258 g/mol. The van der Waals surface area contributed by atoms with Crippen molar-refractivity contribution in [3.63, 3.8) is 0 Å². The van der Waals surface area contributed by atoms with Crippen LogP contribution in [0.2, 0.25) is 0 Å². The first-order chi connectivity index (χ1) is 7.97. The van der Waals surface area contributed by atoms with Crippen LogP contribution in [0.3, 0.4) is 0 Å². The average Bonchev–Trinajstić information content (AvgIpc) is 2.29. The maximum absolute atomic E-state index is 11.4. The molecule has 5 heteroatoms. The second kappa shape index (κ2) is 4.98. The minimum Gasteiger partial charge on any atom is -0.375 e. The van der Waals surface area contributed by atoms with Crippen LogP contribution in [0.1, 0.15) is 26.2 Å². The summed E-state index contributed by atoms with van der Waals surface area (Å²) < 4.78 is 24.3. The van der Waals surface area contributed by atoms with E-state index in [1.807, 2.05) is 0 Å². The third kappa shape index (κ3) is 3.22. The predicted molar refractivity (Wildman–Crippen MR) is 69.1 cm³/mol. The molecule has 0 atom stereocenters. The molecule has 1 fully saturated rings. The Morgan fingerprint density at radius 1 is 1.24 bits per heavy atom. The normalized spacial score (nSPS) is 24.8. The molecule has 4 nitrogen and oxygen atoms in total. The summed E-state index contributed by atoms with van der Waals surface area (Å²) in [5.41, 5.74) is 1.34. The number of rotatable bonds is 2. The van der Waals surface area contributed by atoms with Crippen molar-refractivity contribution in [1.82, 2.24) is 9.21 Å². The van der Waals surface area contributed by atoms with Gasteiger partial charge in [-0.15, -0.1) is 0 Å². The second-order valence-corrected chi connectivity index (χ2v) is 7.22. The zero-order chi connectivity index (χ0) is 12.5. The molecule has 2 aliphatic heterocycles. The highest BCUT2D eigenvalue weighted by Gasteiger charge is 2.23. The van der Waals surface area contributed by atoms with Gasteiger partial charge >= 0.3 is 0 Å². The van der Waals surface area contributed by atoms with Gasteiger partial charge in [0.05, 0.1) is 6.26 Å². The first-order valence-corrected chi connectivity index (χ1v) is 8.21.